The maximum absolute atomic E-state index is 13.0. The van der Waals surface area contributed by atoms with Crippen molar-refractivity contribution < 1.29 is 23.5 Å². The molecule has 2 heterocycles. The predicted molar refractivity (Wildman–Crippen MR) is 129 cm³/mol. The van der Waals surface area contributed by atoms with Crippen LogP contribution in [0, 0.1) is 5.92 Å². The molecule has 0 bridgehead atoms. The summed E-state index contributed by atoms with van der Waals surface area (Å²) in [6, 6.07) is 14.8. The van der Waals surface area contributed by atoms with E-state index in [-0.39, 0.29) is 30.2 Å². The number of benzene rings is 2. The van der Waals surface area contributed by atoms with Crippen LogP contribution in [0.15, 0.2) is 59.2 Å². The Morgan fingerprint density at radius 1 is 1.12 bits per heavy atom. The Bertz CT molecular complexity index is 1180. The molecule has 2 aromatic carbocycles. The van der Waals surface area contributed by atoms with E-state index >= 15 is 0 Å². The number of nitrogens with zero attached hydrogens (tertiary/aromatic N) is 1. The van der Waals surface area contributed by atoms with Gasteiger partial charge in [-0.05, 0) is 48.2 Å². The maximum Gasteiger partial charge on any atom is 0.287 e. The van der Waals surface area contributed by atoms with E-state index in [1.165, 1.54) is 6.26 Å². The Kier molecular flexibility index (Phi) is 6.91. The molecular formula is C27H30N2O5. The van der Waals surface area contributed by atoms with Crippen molar-refractivity contribution in [2.24, 2.45) is 5.92 Å². The van der Waals surface area contributed by atoms with Crippen LogP contribution in [0.1, 0.15) is 54.1 Å². The van der Waals surface area contributed by atoms with Gasteiger partial charge in [0.1, 0.15) is 0 Å². The van der Waals surface area contributed by atoms with Gasteiger partial charge in [-0.3, -0.25) is 9.59 Å². The zero-order valence-corrected chi connectivity index (χ0v) is 20.0. The van der Waals surface area contributed by atoms with E-state index in [1.54, 1.807) is 18.1 Å². The highest BCUT2D eigenvalue weighted by molar-refractivity contribution is 6.01. The first-order valence-corrected chi connectivity index (χ1v) is 11.4. The van der Waals surface area contributed by atoms with Crippen molar-refractivity contribution in [3.63, 3.8) is 0 Å². The first kappa shape index (κ1) is 23.4. The van der Waals surface area contributed by atoms with Gasteiger partial charge in [0.05, 0.1) is 39.0 Å². The molecule has 1 unspecified atom stereocenters. The molecule has 0 spiro atoms. The fourth-order valence-electron chi connectivity index (χ4n) is 3.99. The fraction of sp³-hybridized carbons (Fsp3) is 0.333. The zero-order chi connectivity index (χ0) is 24.2. The minimum Gasteiger partial charge on any atom is -0.493 e. The molecule has 1 N–H and O–H groups in total. The van der Waals surface area contributed by atoms with Crippen LogP contribution in [-0.4, -0.2) is 25.5 Å². The lowest BCUT2D eigenvalue weighted by Crippen LogP contribution is -2.30. The van der Waals surface area contributed by atoms with Crippen LogP contribution in [0.2, 0.25) is 0 Å². The number of nitrogens with one attached hydrogen (secondary N) is 1. The molecule has 1 atom stereocenters. The Hall–Kier alpha value is -3.74. The number of para-hydroxylation sites is 1. The van der Waals surface area contributed by atoms with Crippen molar-refractivity contribution in [3.05, 3.63) is 77.2 Å². The van der Waals surface area contributed by atoms with Crippen LogP contribution in [-0.2, 0) is 17.8 Å². The Morgan fingerprint density at radius 3 is 2.68 bits per heavy atom. The van der Waals surface area contributed by atoms with Gasteiger partial charge in [-0.25, -0.2) is 0 Å². The molecular weight excluding hydrogens is 432 g/mol. The molecule has 4 rings (SSSR count). The lowest BCUT2D eigenvalue weighted by atomic mass is 10.1. The number of anilines is 1. The molecule has 7 nitrogen and oxygen atoms in total. The van der Waals surface area contributed by atoms with E-state index in [9.17, 15) is 9.59 Å². The van der Waals surface area contributed by atoms with Crippen LogP contribution in [0.5, 0.6) is 11.5 Å². The minimum absolute atomic E-state index is 0.00833. The predicted octanol–water partition coefficient (Wildman–Crippen LogP) is 4.90. The second-order valence-electron chi connectivity index (χ2n) is 8.87. The number of hydrogen-bond donors (Lipinski definition) is 1. The fourth-order valence-corrected chi connectivity index (χ4v) is 3.99. The van der Waals surface area contributed by atoms with Crippen molar-refractivity contribution in [2.75, 3.05) is 18.6 Å². The highest BCUT2D eigenvalue weighted by atomic mass is 16.5. The first-order chi connectivity index (χ1) is 16.4. The quantitative estimate of drug-likeness (QED) is 0.489. The average molecular weight is 463 g/mol. The molecule has 2 amide bonds. The van der Waals surface area contributed by atoms with E-state index in [4.69, 9.17) is 13.9 Å². The highest BCUT2D eigenvalue weighted by Gasteiger charge is 2.29. The van der Waals surface area contributed by atoms with Crippen LogP contribution in [0.3, 0.4) is 0 Å². The zero-order valence-electron chi connectivity index (χ0n) is 20.0. The summed E-state index contributed by atoms with van der Waals surface area (Å²) >= 11 is 0. The van der Waals surface area contributed by atoms with Crippen molar-refractivity contribution >= 4 is 17.5 Å². The molecule has 1 aromatic heterocycles. The van der Waals surface area contributed by atoms with E-state index in [2.05, 4.69) is 19.2 Å². The lowest BCUT2D eigenvalue weighted by molar-refractivity contribution is -0.117. The minimum atomic E-state index is -0.341. The van der Waals surface area contributed by atoms with Gasteiger partial charge in [0.15, 0.2) is 17.3 Å². The molecule has 0 fully saturated rings. The number of methoxy groups -OCH3 is 1. The third-order valence-electron chi connectivity index (χ3n) is 5.81. The number of carbonyl (C=O) groups is 2. The van der Waals surface area contributed by atoms with Gasteiger partial charge in [0.25, 0.3) is 5.91 Å². The lowest BCUT2D eigenvalue weighted by Gasteiger charge is -2.19. The number of hydrogen-bond acceptors (Lipinski definition) is 5. The third kappa shape index (κ3) is 4.93. The van der Waals surface area contributed by atoms with Crippen molar-refractivity contribution in [1.29, 1.82) is 0 Å². The molecule has 1 aliphatic rings. The van der Waals surface area contributed by atoms with E-state index < -0.39 is 0 Å². The summed E-state index contributed by atoms with van der Waals surface area (Å²) in [5.74, 6) is 1.55. The second kappa shape index (κ2) is 10.0. The van der Waals surface area contributed by atoms with Crippen LogP contribution < -0.4 is 19.7 Å². The summed E-state index contributed by atoms with van der Waals surface area (Å²) in [5.41, 5.74) is 3.40. The molecule has 34 heavy (non-hydrogen) atoms. The monoisotopic (exact) mass is 462 g/mol. The number of ether oxygens (including phenoxy) is 2. The van der Waals surface area contributed by atoms with Gasteiger partial charge < -0.3 is 24.1 Å². The van der Waals surface area contributed by atoms with Gasteiger partial charge >= 0.3 is 0 Å². The molecule has 0 radical (unpaired) electrons. The number of furan rings is 1. The summed E-state index contributed by atoms with van der Waals surface area (Å²) in [5, 5.41) is 2.98. The number of carbonyl (C=O) groups excluding carboxylic acids is 2. The molecule has 0 aliphatic carbocycles. The molecule has 1 aliphatic heterocycles. The normalized spacial score (nSPS) is 13.7. The SMILES string of the molecule is COc1cc(C(C)NC(=O)c2occc2CN2C(=O)Cc3ccccc32)ccc1OCC(C)C. The number of fused-ring (bicyclic) bond motifs is 1. The van der Waals surface area contributed by atoms with E-state index in [0.29, 0.717) is 36.0 Å². The standard InChI is InChI=1S/C27H30N2O5/c1-17(2)16-34-23-10-9-19(13-24(23)32-4)18(3)28-27(31)26-21(11-12-33-26)15-29-22-8-6-5-7-20(22)14-25(29)30/h5-13,17-18H,14-16H2,1-4H3,(H,28,31). The van der Waals surface area contributed by atoms with Crippen molar-refractivity contribution in [3.8, 4) is 11.5 Å². The number of rotatable bonds is 9. The van der Waals surface area contributed by atoms with Crippen molar-refractivity contribution in [2.45, 2.75) is 39.8 Å². The van der Waals surface area contributed by atoms with Gasteiger partial charge in [-0.15, -0.1) is 0 Å². The van der Waals surface area contributed by atoms with Crippen LogP contribution in [0.4, 0.5) is 5.69 Å². The second-order valence-corrected chi connectivity index (χ2v) is 8.87. The van der Waals surface area contributed by atoms with Crippen molar-refractivity contribution in [1.82, 2.24) is 5.32 Å². The Morgan fingerprint density at radius 2 is 1.91 bits per heavy atom. The molecule has 3 aromatic rings. The first-order valence-electron chi connectivity index (χ1n) is 11.4. The third-order valence-corrected chi connectivity index (χ3v) is 5.81. The van der Waals surface area contributed by atoms with Gasteiger partial charge in [-0.2, -0.15) is 0 Å². The van der Waals surface area contributed by atoms with Gasteiger partial charge in [0.2, 0.25) is 5.91 Å². The average Bonchev–Trinajstić information content (AvgIpc) is 3.42. The van der Waals surface area contributed by atoms with Crippen LogP contribution >= 0.6 is 0 Å². The molecule has 0 saturated carbocycles. The largest absolute Gasteiger partial charge is 0.493 e. The number of amides is 2. The van der Waals surface area contributed by atoms with E-state index in [1.807, 2.05) is 49.4 Å². The summed E-state index contributed by atoms with van der Waals surface area (Å²) in [7, 11) is 1.59. The summed E-state index contributed by atoms with van der Waals surface area (Å²) in [4.78, 5) is 27.3. The summed E-state index contributed by atoms with van der Waals surface area (Å²) in [6.07, 6.45) is 1.84. The van der Waals surface area contributed by atoms with Gasteiger partial charge in [0, 0.05) is 11.3 Å². The Labute approximate surface area is 199 Å². The maximum atomic E-state index is 13.0. The summed E-state index contributed by atoms with van der Waals surface area (Å²) < 4.78 is 16.8. The molecule has 178 valence electrons. The van der Waals surface area contributed by atoms with Crippen LogP contribution in [0.25, 0.3) is 0 Å². The smallest absolute Gasteiger partial charge is 0.287 e. The molecule has 7 heteroatoms. The topological polar surface area (TPSA) is 81.0 Å². The highest BCUT2D eigenvalue weighted by Crippen LogP contribution is 2.32. The summed E-state index contributed by atoms with van der Waals surface area (Å²) in [6.45, 7) is 6.93. The molecule has 0 saturated heterocycles. The van der Waals surface area contributed by atoms with Gasteiger partial charge in [-0.1, -0.05) is 38.1 Å². The Balaban J connectivity index is 1.46. The van der Waals surface area contributed by atoms with E-state index in [0.717, 1.165) is 16.8 Å².